The van der Waals surface area contributed by atoms with E-state index in [4.69, 9.17) is 14.3 Å². The lowest BCUT2D eigenvalue weighted by molar-refractivity contribution is 0.0662. The van der Waals surface area contributed by atoms with Crippen LogP contribution in [0.5, 0.6) is 5.75 Å². The molecule has 0 aliphatic heterocycles. The number of carboxylic acids is 1. The van der Waals surface area contributed by atoms with E-state index < -0.39 is 5.97 Å². The molecule has 0 radical (unpaired) electrons. The number of nitrogens with zero attached hydrogens (tertiary/aromatic N) is 1. The summed E-state index contributed by atoms with van der Waals surface area (Å²) >= 11 is 3.35. The summed E-state index contributed by atoms with van der Waals surface area (Å²) in [5.41, 5.74) is 1.03. The van der Waals surface area contributed by atoms with Gasteiger partial charge in [0.15, 0.2) is 0 Å². The van der Waals surface area contributed by atoms with Crippen molar-refractivity contribution in [3.05, 3.63) is 34.1 Å². The number of carbonyl (C=O) groups is 1. The van der Waals surface area contributed by atoms with E-state index in [9.17, 15) is 4.79 Å². The Hall–Kier alpha value is -1.82. The Morgan fingerprint density at radius 1 is 1.50 bits per heavy atom. The summed E-state index contributed by atoms with van der Waals surface area (Å²) in [6, 6.07) is 5.26. The van der Waals surface area contributed by atoms with Gasteiger partial charge in [0.2, 0.25) is 11.7 Å². The van der Waals surface area contributed by atoms with Gasteiger partial charge in [-0.05, 0) is 41.1 Å². The van der Waals surface area contributed by atoms with Gasteiger partial charge in [-0.3, -0.25) is 0 Å². The van der Waals surface area contributed by atoms with Gasteiger partial charge in [0.25, 0.3) is 0 Å². The van der Waals surface area contributed by atoms with Crippen molar-refractivity contribution in [2.24, 2.45) is 0 Å². The van der Waals surface area contributed by atoms with E-state index in [0.717, 1.165) is 4.47 Å². The second-order valence-corrected chi connectivity index (χ2v) is 4.44. The number of ether oxygens (including phenoxy) is 1. The zero-order chi connectivity index (χ0) is 13.3. The van der Waals surface area contributed by atoms with Crippen LogP contribution in [0.25, 0.3) is 11.5 Å². The zero-order valence-corrected chi connectivity index (χ0v) is 11.3. The lowest BCUT2D eigenvalue weighted by Gasteiger charge is -2.03. The number of rotatable bonds is 3. The predicted octanol–water partition coefficient (Wildman–Crippen LogP) is 3.12. The van der Waals surface area contributed by atoms with Crippen LogP contribution in [0.1, 0.15) is 16.2 Å². The summed E-state index contributed by atoms with van der Waals surface area (Å²) in [4.78, 5) is 15.0. The van der Waals surface area contributed by atoms with E-state index >= 15 is 0 Å². The van der Waals surface area contributed by atoms with Gasteiger partial charge in [0.05, 0.1) is 17.3 Å². The number of aromatic carboxylic acids is 1. The van der Waals surface area contributed by atoms with Crippen LogP contribution in [0.15, 0.2) is 27.1 Å². The number of methoxy groups -OCH3 is 1. The number of aryl methyl sites for hydroxylation is 1. The number of carboxylic acid groups (broad SMARTS) is 1. The average molecular weight is 312 g/mol. The van der Waals surface area contributed by atoms with Gasteiger partial charge in [-0.15, -0.1) is 0 Å². The minimum absolute atomic E-state index is 0.142. The number of hydrogen-bond donors (Lipinski definition) is 1. The first-order chi connectivity index (χ1) is 8.52. The van der Waals surface area contributed by atoms with Gasteiger partial charge in [0, 0.05) is 5.56 Å². The molecule has 0 saturated carbocycles. The minimum atomic E-state index is -1.13. The van der Waals surface area contributed by atoms with Crippen LogP contribution in [0.3, 0.4) is 0 Å². The van der Waals surface area contributed by atoms with Crippen LogP contribution in [-0.2, 0) is 0 Å². The average Bonchev–Trinajstić information content (AvgIpc) is 2.71. The second kappa shape index (κ2) is 4.81. The molecule has 0 amide bonds. The third kappa shape index (κ3) is 2.24. The van der Waals surface area contributed by atoms with Gasteiger partial charge in [-0.2, -0.15) is 0 Å². The first-order valence-electron chi connectivity index (χ1n) is 5.07. The zero-order valence-electron chi connectivity index (χ0n) is 9.73. The highest BCUT2D eigenvalue weighted by Crippen LogP contribution is 2.30. The van der Waals surface area contributed by atoms with Crippen molar-refractivity contribution in [3.63, 3.8) is 0 Å². The molecule has 6 heteroatoms. The summed E-state index contributed by atoms with van der Waals surface area (Å²) in [5.74, 6) is -0.315. The lowest BCUT2D eigenvalue weighted by Crippen LogP contribution is -1.95. The smallest absolute Gasteiger partial charge is 0.373 e. The first kappa shape index (κ1) is 12.6. The normalized spacial score (nSPS) is 10.4. The predicted molar refractivity (Wildman–Crippen MR) is 67.9 cm³/mol. The summed E-state index contributed by atoms with van der Waals surface area (Å²) in [6.07, 6.45) is 0. The summed E-state index contributed by atoms with van der Waals surface area (Å²) < 4.78 is 11.1. The maximum Gasteiger partial charge on any atom is 0.373 e. The van der Waals surface area contributed by atoms with Gasteiger partial charge < -0.3 is 14.3 Å². The SMILES string of the molecule is COc1ccc(-c2nc(C)c(C(=O)O)o2)cc1Br. The van der Waals surface area contributed by atoms with E-state index in [0.29, 0.717) is 17.0 Å². The lowest BCUT2D eigenvalue weighted by atomic mass is 10.2. The number of hydrogen-bond acceptors (Lipinski definition) is 4. The maximum absolute atomic E-state index is 10.9. The molecule has 0 unspecified atom stereocenters. The van der Waals surface area contributed by atoms with E-state index in [1.54, 1.807) is 32.2 Å². The van der Waals surface area contributed by atoms with Crippen molar-refractivity contribution in [1.29, 1.82) is 0 Å². The van der Waals surface area contributed by atoms with Crippen molar-refractivity contribution < 1.29 is 19.1 Å². The Balaban J connectivity index is 2.46. The Kier molecular flexibility index (Phi) is 3.38. The summed E-state index contributed by atoms with van der Waals surface area (Å²) in [6.45, 7) is 1.59. The van der Waals surface area contributed by atoms with E-state index in [-0.39, 0.29) is 11.7 Å². The molecule has 18 heavy (non-hydrogen) atoms. The number of oxazole rings is 1. The molecule has 2 aromatic rings. The molecule has 0 aliphatic rings. The van der Waals surface area contributed by atoms with E-state index in [1.807, 2.05) is 0 Å². The topological polar surface area (TPSA) is 72.6 Å². The van der Waals surface area contributed by atoms with Gasteiger partial charge >= 0.3 is 5.97 Å². The molecule has 2 rings (SSSR count). The first-order valence-corrected chi connectivity index (χ1v) is 5.87. The van der Waals surface area contributed by atoms with Gasteiger partial charge in [-0.1, -0.05) is 0 Å². The summed E-state index contributed by atoms with van der Waals surface area (Å²) in [7, 11) is 1.57. The fraction of sp³-hybridized carbons (Fsp3) is 0.167. The van der Waals surface area contributed by atoms with Crippen molar-refractivity contribution in [1.82, 2.24) is 4.98 Å². The Bertz CT molecular complexity index is 606. The number of halogens is 1. The molecule has 0 spiro atoms. The Morgan fingerprint density at radius 3 is 2.72 bits per heavy atom. The summed E-state index contributed by atoms with van der Waals surface area (Å²) in [5, 5.41) is 8.90. The highest BCUT2D eigenvalue weighted by Gasteiger charge is 2.17. The highest BCUT2D eigenvalue weighted by atomic mass is 79.9. The van der Waals surface area contributed by atoms with Crippen LogP contribution in [-0.4, -0.2) is 23.2 Å². The molecule has 0 atom stereocenters. The second-order valence-electron chi connectivity index (χ2n) is 3.59. The molecule has 1 heterocycles. The fourth-order valence-electron chi connectivity index (χ4n) is 1.52. The van der Waals surface area contributed by atoms with Crippen molar-refractivity contribution in [2.75, 3.05) is 7.11 Å². The van der Waals surface area contributed by atoms with Crippen LogP contribution in [0.4, 0.5) is 0 Å². The van der Waals surface area contributed by atoms with Crippen molar-refractivity contribution >= 4 is 21.9 Å². The van der Waals surface area contributed by atoms with Gasteiger partial charge in [-0.25, -0.2) is 9.78 Å². The minimum Gasteiger partial charge on any atom is -0.496 e. The molecule has 1 aromatic carbocycles. The van der Waals surface area contributed by atoms with Gasteiger partial charge in [0.1, 0.15) is 5.75 Å². The Labute approximate surface area is 112 Å². The molecule has 1 aromatic heterocycles. The molecule has 1 N–H and O–H groups in total. The van der Waals surface area contributed by atoms with Crippen molar-refractivity contribution in [3.8, 4) is 17.2 Å². The van der Waals surface area contributed by atoms with Crippen LogP contribution in [0.2, 0.25) is 0 Å². The molecule has 0 saturated heterocycles. The van der Waals surface area contributed by atoms with E-state index in [2.05, 4.69) is 20.9 Å². The molecule has 5 nitrogen and oxygen atoms in total. The number of aromatic nitrogens is 1. The fourth-order valence-corrected chi connectivity index (χ4v) is 2.06. The monoisotopic (exact) mass is 311 g/mol. The molecule has 94 valence electrons. The number of benzene rings is 1. The quantitative estimate of drug-likeness (QED) is 0.942. The Morgan fingerprint density at radius 2 is 2.22 bits per heavy atom. The third-order valence-corrected chi connectivity index (χ3v) is 3.01. The van der Waals surface area contributed by atoms with Crippen LogP contribution < -0.4 is 4.74 Å². The molecular weight excluding hydrogens is 302 g/mol. The van der Waals surface area contributed by atoms with Crippen LogP contribution >= 0.6 is 15.9 Å². The molecule has 0 fully saturated rings. The van der Waals surface area contributed by atoms with E-state index in [1.165, 1.54) is 0 Å². The molecule has 0 aliphatic carbocycles. The van der Waals surface area contributed by atoms with Crippen LogP contribution in [0, 0.1) is 6.92 Å². The maximum atomic E-state index is 10.9. The standard InChI is InChI=1S/C12H10BrNO4/c1-6-10(12(15)16)18-11(14-6)7-3-4-9(17-2)8(13)5-7/h3-5H,1-2H3,(H,15,16). The highest BCUT2D eigenvalue weighted by molar-refractivity contribution is 9.10. The van der Waals surface area contributed by atoms with Crippen molar-refractivity contribution in [2.45, 2.75) is 6.92 Å². The molecular formula is C12H10BrNO4. The third-order valence-electron chi connectivity index (χ3n) is 2.39. The largest absolute Gasteiger partial charge is 0.496 e. The molecule has 0 bridgehead atoms.